The maximum atomic E-state index is 5.97. The summed E-state index contributed by atoms with van der Waals surface area (Å²) in [6, 6.07) is 0.324. The van der Waals surface area contributed by atoms with Gasteiger partial charge >= 0.3 is 0 Å². The van der Waals surface area contributed by atoms with Crippen LogP contribution in [-0.4, -0.2) is 29.1 Å². The number of piperidine rings is 1. The van der Waals surface area contributed by atoms with Crippen molar-refractivity contribution in [2.24, 2.45) is 11.7 Å². The highest BCUT2D eigenvalue weighted by Crippen LogP contribution is 2.19. The van der Waals surface area contributed by atoms with Crippen LogP contribution in [-0.2, 0) is 0 Å². The van der Waals surface area contributed by atoms with Crippen molar-refractivity contribution >= 4 is 28.5 Å². The number of halogens is 1. The number of hydrogen-bond acceptors (Lipinski definition) is 4. The van der Waals surface area contributed by atoms with Crippen LogP contribution in [0.4, 0.5) is 5.95 Å². The van der Waals surface area contributed by atoms with E-state index in [-0.39, 0.29) is 0 Å². The van der Waals surface area contributed by atoms with Crippen LogP contribution in [0.3, 0.4) is 0 Å². The van der Waals surface area contributed by atoms with Gasteiger partial charge in [0.05, 0.1) is 0 Å². The molecule has 1 aromatic rings. The molecule has 2 heterocycles. The summed E-state index contributed by atoms with van der Waals surface area (Å²) in [4.78, 5) is 10.9. The van der Waals surface area contributed by atoms with E-state index in [0.29, 0.717) is 12.0 Å². The van der Waals surface area contributed by atoms with E-state index < -0.39 is 0 Å². The van der Waals surface area contributed by atoms with Crippen LogP contribution >= 0.6 is 22.6 Å². The van der Waals surface area contributed by atoms with Crippen LogP contribution in [0.5, 0.6) is 0 Å². The first-order valence-electron chi connectivity index (χ1n) is 5.15. The van der Waals surface area contributed by atoms with E-state index in [9.17, 15) is 0 Å². The standard InChI is InChI=1S/C10H15IN4/c1-7-6-15(3-2-9(7)12)10-13-4-8(11)5-14-10/h4-5,7,9H,2-3,6,12H2,1H3. The predicted molar refractivity (Wildman–Crippen MR) is 68.7 cm³/mol. The molecule has 0 saturated carbocycles. The number of nitrogens with zero attached hydrogens (tertiary/aromatic N) is 3. The van der Waals surface area contributed by atoms with Gasteiger partial charge in [-0.1, -0.05) is 6.92 Å². The molecule has 0 aliphatic carbocycles. The first-order chi connectivity index (χ1) is 7.16. The van der Waals surface area contributed by atoms with Crippen LogP contribution < -0.4 is 10.6 Å². The highest BCUT2D eigenvalue weighted by atomic mass is 127. The Morgan fingerprint density at radius 3 is 2.73 bits per heavy atom. The van der Waals surface area contributed by atoms with E-state index in [1.54, 1.807) is 0 Å². The molecule has 2 N–H and O–H groups in total. The molecule has 0 spiro atoms. The molecule has 1 aromatic heterocycles. The Bertz CT molecular complexity index is 327. The molecule has 0 bridgehead atoms. The van der Waals surface area contributed by atoms with Crippen molar-refractivity contribution < 1.29 is 0 Å². The van der Waals surface area contributed by atoms with Gasteiger partial charge in [-0.15, -0.1) is 0 Å². The molecule has 5 heteroatoms. The maximum Gasteiger partial charge on any atom is 0.225 e. The predicted octanol–water partition coefficient (Wildman–Crippen LogP) is 1.25. The Hall–Kier alpha value is -0.430. The zero-order chi connectivity index (χ0) is 10.8. The second kappa shape index (κ2) is 4.61. The summed E-state index contributed by atoms with van der Waals surface area (Å²) < 4.78 is 1.07. The van der Waals surface area contributed by atoms with Crippen LogP contribution in [0.25, 0.3) is 0 Å². The lowest BCUT2D eigenvalue weighted by molar-refractivity contribution is 0.379. The minimum atomic E-state index is 0.324. The fourth-order valence-corrected chi connectivity index (χ4v) is 2.09. The molecule has 0 radical (unpaired) electrons. The van der Waals surface area contributed by atoms with Crippen LogP contribution in [0, 0.1) is 9.49 Å². The van der Waals surface area contributed by atoms with E-state index in [2.05, 4.69) is 44.4 Å². The summed E-state index contributed by atoms with van der Waals surface area (Å²) >= 11 is 2.21. The third kappa shape index (κ3) is 2.57. The molecule has 2 atom stereocenters. The Balaban J connectivity index is 2.08. The van der Waals surface area contributed by atoms with Crippen molar-refractivity contribution in [1.29, 1.82) is 0 Å². The number of hydrogen-bond donors (Lipinski definition) is 1. The summed E-state index contributed by atoms with van der Waals surface area (Å²) in [5, 5.41) is 0. The molecule has 1 aliphatic rings. The highest BCUT2D eigenvalue weighted by molar-refractivity contribution is 14.1. The van der Waals surface area contributed by atoms with Gasteiger partial charge in [-0.2, -0.15) is 0 Å². The Morgan fingerprint density at radius 2 is 2.13 bits per heavy atom. The molecule has 0 amide bonds. The zero-order valence-electron chi connectivity index (χ0n) is 8.73. The van der Waals surface area contributed by atoms with Crippen molar-refractivity contribution in [1.82, 2.24) is 9.97 Å². The molecule has 15 heavy (non-hydrogen) atoms. The smallest absolute Gasteiger partial charge is 0.225 e. The highest BCUT2D eigenvalue weighted by Gasteiger charge is 2.24. The molecule has 1 fully saturated rings. The van der Waals surface area contributed by atoms with Gasteiger partial charge in [0.2, 0.25) is 5.95 Å². The van der Waals surface area contributed by atoms with Gasteiger partial charge in [-0.3, -0.25) is 0 Å². The van der Waals surface area contributed by atoms with Gasteiger partial charge < -0.3 is 10.6 Å². The summed E-state index contributed by atoms with van der Waals surface area (Å²) in [6.07, 6.45) is 4.72. The average molecular weight is 318 g/mol. The second-order valence-electron chi connectivity index (χ2n) is 4.08. The number of rotatable bonds is 1. The summed E-state index contributed by atoms with van der Waals surface area (Å²) in [6.45, 7) is 4.11. The molecule has 0 aromatic carbocycles. The molecular formula is C10H15IN4. The SMILES string of the molecule is CC1CN(c2ncc(I)cn2)CCC1N. The van der Waals surface area contributed by atoms with Gasteiger partial charge in [0.1, 0.15) is 0 Å². The lowest BCUT2D eigenvalue weighted by Gasteiger charge is -2.34. The lowest BCUT2D eigenvalue weighted by Crippen LogP contribution is -2.46. The first-order valence-corrected chi connectivity index (χ1v) is 6.23. The van der Waals surface area contributed by atoms with Crippen LogP contribution in [0.2, 0.25) is 0 Å². The molecule has 82 valence electrons. The van der Waals surface area contributed by atoms with E-state index in [1.807, 2.05) is 12.4 Å². The average Bonchev–Trinajstić information content (AvgIpc) is 2.23. The Labute approximate surface area is 103 Å². The van der Waals surface area contributed by atoms with Crippen molar-refractivity contribution in [3.63, 3.8) is 0 Å². The largest absolute Gasteiger partial charge is 0.340 e. The third-order valence-corrected chi connectivity index (χ3v) is 3.42. The van der Waals surface area contributed by atoms with Gasteiger partial charge in [-0.05, 0) is 34.9 Å². The first kappa shape index (κ1) is 11.1. The second-order valence-corrected chi connectivity index (χ2v) is 5.32. The number of anilines is 1. The van der Waals surface area contributed by atoms with Crippen molar-refractivity contribution in [2.75, 3.05) is 18.0 Å². The minimum Gasteiger partial charge on any atom is -0.340 e. The van der Waals surface area contributed by atoms with E-state index in [0.717, 1.165) is 29.0 Å². The molecule has 1 aliphatic heterocycles. The van der Waals surface area contributed by atoms with Gasteiger partial charge in [0, 0.05) is 35.1 Å². The number of aromatic nitrogens is 2. The van der Waals surface area contributed by atoms with Crippen LogP contribution in [0.1, 0.15) is 13.3 Å². The lowest BCUT2D eigenvalue weighted by atomic mass is 9.95. The van der Waals surface area contributed by atoms with Crippen molar-refractivity contribution in [3.8, 4) is 0 Å². The molecule has 1 saturated heterocycles. The molecular weight excluding hydrogens is 303 g/mol. The summed E-state index contributed by atoms with van der Waals surface area (Å²) in [7, 11) is 0. The van der Waals surface area contributed by atoms with E-state index >= 15 is 0 Å². The van der Waals surface area contributed by atoms with Crippen molar-refractivity contribution in [2.45, 2.75) is 19.4 Å². The Kier molecular flexibility index (Phi) is 3.40. The molecule has 2 rings (SSSR count). The molecule has 2 unspecified atom stereocenters. The van der Waals surface area contributed by atoms with Gasteiger partial charge in [0.15, 0.2) is 0 Å². The van der Waals surface area contributed by atoms with Crippen molar-refractivity contribution in [3.05, 3.63) is 16.0 Å². The quantitative estimate of drug-likeness (QED) is 0.792. The normalized spacial score (nSPS) is 26.7. The fourth-order valence-electron chi connectivity index (χ4n) is 1.81. The van der Waals surface area contributed by atoms with Gasteiger partial charge in [0.25, 0.3) is 0 Å². The van der Waals surface area contributed by atoms with E-state index in [4.69, 9.17) is 5.73 Å². The van der Waals surface area contributed by atoms with Crippen LogP contribution in [0.15, 0.2) is 12.4 Å². The Morgan fingerprint density at radius 1 is 1.47 bits per heavy atom. The van der Waals surface area contributed by atoms with E-state index in [1.165, 1.54) is 0 Å². The van der Waals surface area contributed by atoms with Gasteiger partial charge in [-0.25, -0.2) is 9.97 Å². The number of nitrogens with two attached hydrogens (primary N) is 1. The summed E-state index contributed by atoms with van der Waals surface area (Å²) in [5.74, 6) is 1.34. The topological polar surface area (TPSA) is 55.0 Å². The fraction of sp³-hybridized carbons (Fsp3) is 0.600. The minimum absolute atomic E-state index is 0.324. The molecule has 4 nitrogen and oxygen atoms in total. The third-order valence-electron chi connectivity index (χ3n) is 2.86. The zero-order valence-corrected chi connectivity index (χ0v) is 10.9. The summed E-state index contributed by atoms with van der Waals surface area (Å²) in [5.41, 5.74) is 5.97. The monoisotopic (exact) mass is 318 g/mol. The maximum absolute atomic E-state index is 5.97.